The molecule has 7 nitrogen and oxygen atoms in total. The summed E-state index contributed by atoms with van der Waals surface area (Å²) >= 11 is 0. The fourth-order valence-corrected chi connectivity index (χ4v) is 5.12. The lowest BCUT2D eigenvalue weighted by Crippen LogP contribution is -2.36. The van der Waals surface area contributed by atoms with E-state index in [4.69, 9.17) is 0 Å². The monoisotopic (exact) mass is 420 g/mol. The number of rotatable bonds is 7. The molecule has 160 valence electrons. The fraction of sp³-hybridized carbons (Fsp3) is 0.619. The van der Waals surface area contributed by atoms with E-state index in [1.54, 1.807) is 16.4 Å². The Labute approximate surface area is 173 Å². The maximum Gasteiger partial charge on any atom is 0.243 e. The summed E-state index contributed by atoms with van der Waals surface area (Å²) in [6.45, 7) is 7.31. The van der Waals surface area contributed by atoms with E-state index in [1.807, 2.05) is 24.6 Å². The number of sulfonamides is 1. The molecule has 1 N–H and O–H groups in total. The highest BCUT2D eigenvalue weighted by molar-refractivity contribution is 7.89. The Morgan fingerprint density at radius 2 is 1.86 bits per heavy atom. The number of aromatic nitrogens is 2. The highest BCUT2D eigenvalue weighted by Crippen LogP contribution is 2.24. The van der Waals surface area contributed by atoms with E-state index in [0.29, 0.717) is 42.3 Å². The van der Waals surface area contributed by atoms with Gasteiger partial charge < -0.3 is 9.88 Å². The van der Waals surface area contributed by atoms with Crippen LogP contribution in [0.3, 0.4) is 0 Å². The number of hydrogen-bond donors (Lipinski definition) is 1. The lowest BCUT2D eigenvalue weighted by atomic mass is 10.1. The summed E-state index contributed by atoms with van der Waals surface area (Å²) in [5.74, 6) is 1.17. The van der Waals surface area contributed by atoms with Crippen molar-refractivity contribution in [3.8, 4) is 0 Å². The quantitative estimate of drug-likeness (QED) is 0.746. The predicted molar refractivity (Wildman–Crippen MR) is 114 cm³/mol. The van der Waals surface area contributed by atoms with E-state index in [9.17, 15) is 13.2 Å². The Bertz CT molecular complexity index is 975. The smallest absolute Gasteiger partial charge is 0.243 e. The van der Waals surface area contributed by atoms with Gasteiger partial charge in [-0.2, -0.15) is 4.31 Å². The minimum atomic E-state index is -3.48. The molecule has 0 radical (unpaired) electrons. The third-order valence-electron chi connectivity index (χ3n) is 5.86. The number of carbonyl (C=O) groups excluding carboxylic acids is 1. The topological polar surface area (TPSA) is 84.3 Å². The first-order chi connectivity index (χ1) is 13.7. The zero-order valence-electron chi connectivity index (χ0n) is 17.8. The predicted octanol–water partition coefficient (Wildman–Crippen LogP) is 2.84. The van der Waals surface area contributed by atoms with Crippen molar-refractivity contribution in [1.82, 2.24) is 19.2 Å². The van der Waals surface area contributed by atoms with Crippen LogP contribution >= 0.6 is 0 Å². The van der Waals surface area contributed by atoms with Crippen molar-refractivity contribution in [2.24, 2.45) is 13.0 Å². The molecule has 0 unspecified atom stereocenters. The molecule has 0 bridgehead atoms. The normalized spacial score (nSPS) is 17.0. The Hall–Kier alpha value is -1.93. The molecule has 2 aromatic rings. The molecular weight excluding hydrogens is 388 g/mol. The zero-order valence-corrected chi connectivity index (χ0v) is 18.6. The van der Waals surface area contributed by atoms with Crippen LogP contribution in [0.15, 0.2) is 23.1 Å². The number of imidazole rings is 1. The Morgan fingerprint density at radius 3 is 2.52 bits per heavy atom. The number of nitrogens with one attached hydrogen (secondary N) is 1. The molecule has 1 atom stereocenters. The first kappa shape index (κ1) is 21.8. The third kappa shape index (κ3) is 4.80. The molecule has 29 heavy (non-hydrogen) atoms. The molecular formula is C21H32N4O3S. The van der Waals surface area contributed by atoms with E-state index < -0.39 is 10.0 Å². The van der Waals surface area contributed by atoms with Gasteiger partial charge in [0.15, 0.2) is 0 Å². The van der Waals surface area contributed by atoms with Gasteiger partial charge in [-0.05, 0) is 43.9 Å². The van der Waals surface area contributed by atoms with Gasteiger partial charge in [0.2, 0.25) is 15.9 Å². The zero-order chi connectivity index (χ0) is 21.2. The number of piperidine rings is 1. The van der Waals surface area contributed by atoms with Gasteiger partial charge in [0, 0.05) is 39.0 Å². The molecule has 8 heteroatoms. The molecule has 1 aromatic heterocycles. The number of aryl methyl sites for hydroxylation is 2. The maximum absolute atomic E-state index is 12.9. The molecule has 1 aromatic carbocycles. The molecule has 1 saturated heterocycles. The second-order valence-electron chi connectivity index (χ2n) is 8.30. The van der Waals surface area contributed by atoms with Crippen LogP contribution in [0.5, 0.6) is 0 Å². The third-order valence-corrected chi connectivity index (χ3v) is 7.76. The maximum atomic E-state index is 12.9. The first-order valence-electron chi connectivity index (χ1n) is 10.4. The molecule has 0 saturated carbocycles. The van der Waals surface area contributed by atoms with Crippen molar-refractivity contribution >= 4 is 27.0 Å². The molecule has 1 fully saturated rings. The van der Waals surface area contributed by atoms with Crippen LogP contribution in [0.1, 0.15) is 52.3 Å². The molecule has 1 aliphatic heterocycles. The van der Waals surface area contributed by atoms with Crippen LogP contribution in [0.4, 0.5) is 0 Å². The summed E-state index contributed by atoms with van der Waals surface area (Å²) in [7, 11) is -1.58. The van der Waals surface area contributed by atoms with Gasteiger partial charge in [0.05, 0.1) is 15.9 Å². The number of carbonyl (C=O) groups is 1. The molecule has 1 amide bonds. The molecule has 3 rings (SSSR count). The minimum Gasteiger partial charge on any atom is -0.353 e. The molecule has 2 heterocycles. The number of amides is 1. The number of fused-ring (bicyclic) bond motifs is 1. The van der Waals surface area contributed by atoms with Crippen LogP contribution < -0.4 is 5.32 Å². The Kier molecular flexibility index (Phi) is 6.63. The first-order valence-corrected chi connectivity index (χ1v) is 11.9. The summed E-state index contributed by atoms with van der Waals surface area (Å²) < 4.78 is 29.4. The Balaban J connectivity index is 1.76. The van der Waals surface area contributed by atoms with Crippen molar-refractivity contribution < 1.29 is 13.2 Å². The van der Waals surface area contributed by atoms with E-state index in [2.05, 4.69) is 24.1 Å². The SMILES string of the molecule is CC(C)[C@H](C)NC(=O)CCc1nc2cc(S(=O)(=O)N3CCCCC3)ccc2n1C. The largest absolute Gasteiger partial charge is 0.353 e. The second-order valence-corrected chi connectivity index (χ2v) is 10.2. The van der Waals surface area contributed by atoms with Gasteiger partial charge in [-0.15, -0.1) is 0 Å². The van der Waals surface area contributed by atoms with Crippen LogP contribution in [0.2, 0.25) is 0 Å². The highest BCUT2D eigenvalue weighted by atomic mass is 32.2. The minimum absolute atomic E-state index is 0.00613. The van der Waals surface area contributed by atoms with Gasteiger partial charge in [0.1, 0.15) is 5.82 Å². The number of hydrogen-bond acceptors (Lipinski definition) is 4. The van der Waals surface area contributed by atoms with Crippen molar-refractivity contribution in [2.45, 2.75) is 63.8 Å². The summed E-state index contributed by atoms with van der Waals surface area (Å²) in [4.78, 5) is 17.1. The van der Waals surface area contributed by atoms with Gasteiger partial charge in [-0.3, -0.25) is 4.79 Å². The standard InChI is InChI=1S/C21H32N4O3S/c1-15(2)16(3)22-21(26)11-10-20-23-18-14-17(8-9-19(18)24(20)4)29(27,28)25-12-6-5-7-13-25/h8-9,14-16H,5-7,10-13H2,1-4H3,(H,22,26)/t16-/m0/s1. The number of benzene rings is 1. The molecule has 0 aliphatic carbocycles. The highest BCUT2D eigenvalue weighted by Gasteiger charge is 2.26. The summed E-state index contributed by atoms with van der Waals surface area (Å²) in [6.07, 6.45) is 3.76. The fourth-order valence-electron chi connectivity index (χ4n) is 3.59. The van der Waals surface area contributed by atoms with Gasteiger partial charge in [0.25, 0.3) is 0 Å². The van der Waals surface area contributed by atoms with Crippen molar-refractivity contribution in [3.05, 3.63) is 24.0 Å². The van der Waals surface area contributed by atoms with Gasteiger partial charge in [-0.25, -0.2) is 13.4 Å². The molecule has 1 aliphatic rings. The van der Waals surface area contributed by atoms with E-state index >= 15 is 0 Å². The average molecular weight is 421 g/mol. The van der Waals surface area contributed by atoms with Crippen LogP contribution in [0.25, 0.3) is 11.0 Å². The van der Waals surface area contributed by atoms with E-state index in [-0.39, 0.29) is 11.9 Å². The van der Waals surface area contributed by atoms with Crippen LogP contribution in [0, 0.1) is 5.92 Å². The second kappa shape index (κ2) is 8.83. The lowest BCUT2D eigenvalue weighted by molar-refractivity contribution is -0.121. The van der Waals surface area contributed by atoms with Crippen LogP contribution in [-0.2, 0) is 28.3 Å². The number of nitrogens with zero attached hydrogens (tertiary/aromatic N) is 3. The summed E-state index contributed by atoms with van der Waals surface area (Å²) in [5.41, 5.74) is 1.52. The summed E-state index contributed by atoms with van der Waals surface area (Å²) in [5, 5.41) is 3.01. The van der Waals surface area contributed by atoms with Crippen molar-refractivity contribution in [1.29, 1.82) is 0 Å². The molecule has 0 spiro atoms. The average Bonchev–Trinajstić information content (AvgIpc) is 3.02. The van der Waals surface area contributed by atoms with Gasteiger partial charge >= 0.3 is 0 Å². The summed E-state index contributed by atoms with van der Waals surface area (Å²) in [6, 6.07) is 5.26. The van der Waals surface area contributed by atoms with E-state index in [1.165, 1.54) is 0 Å². The van der Waals surface area contributed by atoms with Gasteiger partial charge in [-0.1, -0.05) is 20.3 Å². The van der Waals surface area contributed by atoms with Crippen LogP contribution in [-0.4, -0.2) is 47.3 Å². The van der Waals surface area contributed by atoms with Crippen molar-refractivity contribution in [3.63, 3.8) is 0 Å². The Morgan fingerprint density at radius 1 is 1.17 bits per heavy atom. The van der Waals surface area contributed by atoms with E-state index in [0.717, 1.165) is 30.6 Å². The van der Waals surface area contributed by atoms with Crippen molar-refractivity contribution in [2.75, 3.05) is 13.1 Å². The lowest BCUT2D eigenvalue weighted by Gasteiger charge is -2.25.